The number of hydrogen-bond donors (Lipinski definition) is 2. The number of hydrogen-bond acceptors (Lipinski definition) is 6. The lowest BCUT2D eigenvalue weighted by molar-refractivity contribution is -0.126. The number of phenolic OH excluding ortho intramolecular Hbond substituents is 1. The molecule has 1 aliphatic rings. The molecule has 0 saturated carbocycles. The molecular weight excluding hydrogens is 372 g/mol. The lowest BCUT2D eigenvalue weighted by Gasteiger charge is -2.24. The molecule has 0 fully saturated rings. The van der Waals surface area contributed by atoms with Gasteiger partial charge >= 0.3 is 0 Å². The number of fused-ring (bicyclic) bond motifs is 1. The number of ether oxygens (including phenoxy) is 2. The quantitative estimate of drug-likeness (QED) is 0.690. The van der Waals surface area contributed by atoms with Crippen molar-refractivity contribution in [3.05, 3.63) is 59.5 Å². The first-order valence-corrected chi connectivity index (χ1v) is 9.37. The topological polar surface area (TPSA) is 93.8 Å². The zero-order valence-corrected chi connectivity index (χ0v) is 16.3. The number of nitrogens with zero attached hydrogens (tertiary/aromatic N) is 1. The Labute approximate surface area is 168 Å². The van der Waals surface area contributed by atoms with Crippen molar-refractivity contribution in [2.45, 2.75) is 19.9 Å². The average Bonchev–Trinajstić information content (AvgIpc) is 3.12. The summed E-state index contributed by atoms with van der Waals surface area (Å²) in [5, 5.41) is 12.7. The molecule has 0 spiro atoms. The maximum Gasteiger partial charge on any atom is 0.227 e. The standard InChI is InChI=1S/C22H22N2O5/c1-13-17(24-22(29-13)15-7-8-18(25)20(10-15)27-2)11-23-21(26)16-9-14-5-3-4-6-19(14)28-12-16/h3-8,10,16,25H,9,11-12H2,1-2H3,(H,23,26). The van der Waals surface area contributed by atoms with Crippen LogP contribution >= 0.6 is 0 Å². The highest BCUT2D eigenvalue weighted by Gasteiger charge is 2.26. The van der Waals surface area contributed by atoms with Crippen molar-refractivity contribution in [2.75, 3.05) is 13.7 Å². The van der Waals surface area contributed by atoms with Crippen molar-refractivity contribution in [3.63, 3.8) is 0 Å². The van der Waals surface area contributed by atoms with E-state index in [0.29, 0.717) is 41.7 Å². The van der Waals surface area contributed by atoms with E-state index in [4.69, 9.17) is 13.9 Å². The van der Waals surface area contributed by atoms with Gasteiger partial charge in [0.2, 0.25) is 11.8 Å². The summed E-state index contributed by atoms with van der Waals surface area (Å²) in [5.41, 5.74) is 2.37. The number of carbonyl (C=O) groups excluding carboxylic acids is 1. The van der Waals surface area contributed by atoms with Crippen LogP contribution in [0, 0.1) is 12.8 Å². The number of benzene rings is 2. The Morgan fingerprint density at radius 2 is 2.14 bits per heavy atom. The molecule has 4 rings (SSSR count). The van der Waals surface area contributed by atoms with E-state index in [1.165, 1.54) is 13.2 Å². The molecule has 0 aliphatic carbocycles. The van der Waals surface area contributed by atoms with Gasteiger partial charge in [0.05, 0.1) is 19.6 Å². The third-order valence-corrected chi connectivity index (χ3v) is 5.00. The summed E-state index contributed by atoms with van der Waals surface area (Å²) in [5.74, 6) is 1.94. The first kappa shape index (κ1) is 18.9. The second-order valence-electron chi connectivity index (χ2n) is 6.95. The Hall–Kier alpha value is -3.48. The summed E-state index contributed by atoms with van der Waals surface area (Å²) in [6.07, 6.45) is 0.651. The van der Waals surface area contributed by atoms with Gasteiger partial charge in [-0.3, -0.25) is 4.79 Å². The molecule has 2 aromatic carbocycles. The van der Waals surface area contributed by atoms with Gasteiger partial charge < -0.3 is 24.3 Å². The van der Waals surface area contributed by atoms with Crippen molar-refractivity contribution < 1.29 is 23.8 Å². The fourth-order valence-electron chi connectivity index (χ4n) is 3.34. The van der Waals surface area contributed by atoms with Crippen molar-refractivity contribution >= 4 is 5.91 Å². The van der Waals surface area contributed by atoms with Gasteiger partial charge in [0.25, 0.3) is 0 Å². The van der Waals surface area contributed by atoms with E-state index < -0.39 is 0 Å². The number of methoxy groups -OCH3 is 1. The zero-order chi connectivity index (χ0) is 20.4. The van der Waals surface area contributed by atoms with Crippen molar-refractivity contribution in [3.8, 4) is 28.7 Å². The summed E-state index contributed by atoms with van der Waals surface area (Å²) >= 11 is 0. The number of phenols is 1. The number of rotatable bonds is 5. The Morgan fingerprint density at radius 1 is 1.31 bits per heavy atom. The van der Waals surface area contributed by atoms with E-state index in [0.717, 1.165) is 11.3 Å². The lowest BCUT2D eigenvalue weighted by Crippen LogP contribution is -2.37. The van der Waals surface area contributed by atoms with Gasteiger partial charge in [-0.25, -0.2) is 4.98 Å². The molecule has 150 valence electrons. The Morgan fingerprint density at radius 3 is 2.97 bits per heavy atom. The molecule has 0 bridgehead atoms. The van der Waals surface area contributed by atoms with Crippen molar-refractivity contribution in [1.29, 1.82) is 0 Å². The third kappa shape index (κ3) is 3.89. The van der Waals surface area contributed by atoms with E-state index in [1.54, 1.807) is 19.1 Å². The summed E-state index contributed by atoms with van der Waals surface area (Å²) in [6.45, 7) is 2.43. The van der Waals surface area contributed by atoms with Crippen LogP contribution in [0.1, 0.15) is 17.0 Å². The Bertz CT molecular complexity index is 1040. The number of para-hydroxylation sites is 1. The van der Waals surface area contributed by atoms with Gasteiger partial charge in [0.1, 0.15) is 23.8 Å². The number of oxazole rings is 1. The molecule has 0 saturated heterocycles. The van der Waals surface area contributed by atoms with Crippen LogP contribution in [0.2, 0.25) is 0 Å². The minimum Gasteiger partial charge on any atom is -0.504 e. The molecule has 0 radical (unpaired) electrons. The monoisotopic (exact) mass is 394 g/mol. The minimum atomic E-state index is -0.238. The maximum absolute atomic E-state index is 12.6. The van der Waals surface area contributed by atoms with Gasteiger partial charge in [0, 0.05) is 5.56 Å². The highest BCUT2D eigenvalue weighted by Crippen LogP contribution is 2.32. The van der Waals surface area contributed by atoms with Crippen molar-refractivity contribution in [1.82, 2.24) is 10.3 Å². The normalized spacial score (nSPS) is 15.3. The van der Waals surface area contributed by atoms with Crippen LogP contribution in [0.4, 0.5) is 0 Å². The molecule has 1 atom stereocenters. The van der Waals surface area contributed by atoms with Crippen LogP contribution in [0.3, 0.4) is 0 Å². The summed E-state index contributed by atoms with van der Waals surface area (Å²) in [7, 11) is 1.48. The van der Waals surface area contributed by atoms with Gasteiger partial charge in [-0.15, -0.1) is 0 Å². The largest absolute Gasteiger partial charge is 0.504 e. The van der Waals surface area contributed by atoms with E-state index in [-0.39, 0.29) is 24.1 Å². The summed E-state index contributed by atoms with van der Waals surface area (Å²) < 4.78 is 16.6. The minimum absolute atomic E-state index is 0.0447. The highest BCUT2D eigenvalue weighted by atomic mass is 16.5. The number of aromatic hydroxyl groups is 1. The molecular formula is C22H22N2O5. The van der Waals surface area contributed by atoms with E-state index in [1.807, 2.05) is 24.3 Å². The average molecular weight is 394 g/mol. The Balaban J connectivity index is 1.42. The van der Waals surface area contributed by atoms with Crippen molar-refractivity contribution in [2.24, 2.45) is 5.92 Å². The predicted octanol–water partition coefficient (Wildman–Crippen LogP) is 3.23. The number of aryl methyl sites for hydroxylation is 1. The first-order chi connectivity index (χ1) is 14.0. The van der Waals surface area contributed by atoms with E-state index in [2.05, 4.69) is 10.3 Å². The number of nitrogens with one attached hydrogen (secondary N) is 1. The Kier molecular flexibility index (Phi) is 5.12. The van der Waals surface area contributed by atoms with Crippen LogP contribution in [-0.4, -0.2) is 29.7 Å². The molecule has 2 heterocycles. The second-order valence-corrected chi connectivity index (χ2v) is 6.95. The molecule has 1 aromatic heterocycles. The SMILES string of the molecule is COc1cc(-c2nc(CNC(=O)C3COc4ccccc4C3)c(C)o2)ccc1O. The second kappa shape index (κ2) is 7.87. The number of amides is 1. The maximum atomic E-state index is 12.6. The molecule has 3 aromatic rings. The van der Waals surface area contributed by atoms with Gasteiger partial charge in [-0.1, -0.05) is 18.2 Å². The highest BCUT2D eigenvalue weighted by molar-refractivity contribution is 5.79. The van der Waals surface area contributed by atoms with E-state index in [9.17, 15) is 9.90 Å². The van der Waals surface area contributed by atoms with Crippen LogP contribution in [-0.2, 0) is 17.8 Å². The van der Waals surface area contributed by atoms with Crippen LogP contribution < -0.4 is 14.8 Å². The molecule has 2 N–H and O–H groups in total. The summed E-state index contributed by atoms with van der Waals surface area (Å²) in [6, 6.07) is 12.6. The molecule has 29 heavy (non-hydrogen) atoms. The van der Waals surface area contributed by atoms with Crippen LogP contribution in [0.5, 0.6) is 17.2 Å². The number of carbonyl (C=O) groups is 1. The molecule has 7 heteroatoms. The van der Waals surface area contributed by atoms with E-state index >= 15 is 0 Å². The van der Waals surface area contributed by atoms with Gasteiger partial charge in [-0.05, 0) is 43.2 Å². The molecule has 1 aliphatic heterocycles. The van der Waals surface area contributed by atoms with Crippen LogP contribution in [0.15, 0.2) is 46.9 Å². The van der Waals surface area contributed by atoms with Crippen LogP contribution in [0.25, 0.3) is 11.5 Å². The summed E-state index contributed by atoms with van der Waals surface area (Å²) in [4.78, 5) is 17.1. The third-order valence-electron chi connectivity index (χ3n) is 5.00. The van der Waals surface area contributed by atoms with Gasteiger partial charge in [0.15, 0.2) is 11.5 Å². The molecule has 7 nitrogen and oxygen atoms in total. The molecule has 1 unspecified atom stereocenters. The fourth-order valence-corrected chi connectivity index (χ4v) is 3.34. The number of aromatic nitrogens is 1. The zero-order valence-electron chi connectivity index (χ0n) is 16.3. The smallest absolute Gasteiger partial charge is 0.227 e. The first-order valence-electron chi connectivity index (χ1n) is 9.37. The fraction of sp³-hybridized carbons (Fsp3) is 0.273. The molecule has 1 amide bonds. The lowest BCUT2D eigenvalue weighted by atomic mass is 9.96. The predicted molar refractivity (Wildman–Crippen MR) is 106 cm³/mol. The van der Waals surface area contributed by atoms with Gasteiger partial charge in [-0.2, -0.15) is 0 Å².